The number of rotatable bonds is 6. The first-order valence-corrected chi connectivity index (χ1v) is 7.65. The first kappa shape index (κ1) is 20.1. The van der Waals surface area contributed by atoms with E-state index in [0.717, 1.165) is 0 Å². The molecule has 0 aromatic carbocycles. The fourth-order valence-corrected chi connectivity index (χ4v) is 2.76. The summed E-state index contributed by atoms with van der Waals surface area (Å²) >= 11 is 0. The molecule has 2 N–H and O–H groups in total. The highest BCUT2D eigenvalue weighted by molar-refractivity contribution is 7.13. The summed E-state index contributed by atoms with van der Waals surface area (Å²) in [5.41, 5.74) is 0.0136. The molecule has 122 valence electrons. The summed E-state index contributed by atoms with van der Waals surface area (Å²) in [6, 6.07) is -0.607. The quantitative estimate of drug-likeness (QED) is 0.583. The maximum absolute atomic E-state index is 12.7. The number of aliphatic carboxylic acids is 1. The van der Waals surface area contributed by atoms with Crippen molar-refractivity contribution in [3.63, 3.8) is 0 Å². The highest BCUT2D eigenvalue weighted by Crippen LogP contribution is 2.24. The van der Waals surface area contributed by atoms with Crippen LogP contribution in [-0.2, 0) is 9.59 Å². The SMILES string of the molecule is C/C(=C\[C@H](C(C)C)N(C)C(=O)[C@@H](NP)C(C)(C)C)C(=O)O. The van der Waals surface area contributed by atoms with Gasteiger partial charge in [-0.15, -0.1) is 0 Å². The van der Waals surface area contributed by atoms with Crippen molar-refractivity contribution in [1.29, 1.82) is 0 Å². The smallest absolute Gasteiger partial charge is 0.331 e. The molecule has 3 atom stereocenters. The minimum Gasteiger partial charge on any atom is -0.478 e. The van der Waals surface area contributed by atoms with Crippen LogP contribution in [0.15, 0.2) is 11.6 Å². The van der Waals surface area contributed by atoms with Crippen molar-refractivity contribution >= 4 is 21.3 Å². The fraction of sp³-hybridized carbons (Fsp3) is 0.733. The van der Waals surface area contributed by atoms with E-state index in [1.807, 2.05) is 34.6 Å². The monoisotopic (exact) mass is 316 g/mol. The summed E-state index contributed by atoms with van der Waals surface area (Å²) in [6.45, 7) is 11.5. The maximum Gasteiger partial charge on any atom is 0.331 e. The molecule has 0 aliphatic carbocycles. The number of carboxylic acid groups (broad SMARTS) is 1. The predicted molar refractivity (Wildman–Crippen MR) is 88.9 cm³/mol. The van der Waals surface area contributed by atoms with Gasteiger partial charge < -0.3 is 10.0 Å². The molecule has 0 bridgehead atoms. The van der Waals surface area contributed by atoms with Gasteiger partial charge in [-0.05, 0) is 18.3 Å². The van der Waals surface area contributed by atoms with Gasteiger partial charge in [-0.2, -0.15) is 0 Å². The minimum absolute atomic E-state index is 0.0503. The standard InChI is InChI=1S/C15H29N2O3P/c1-9(2)11(8-10(3)14(19)20)17(7)13(18)12(16-21)15(4,5)6/h8-9,11-12,16H,21H2,1-7H3,(H,19,20)/b10-8+/t11-,12-/m1/s1. The molecule has 6 heteroatoms. The van der Waals surface area contributed by atoms with Crippen LogP contribution in [0.2, 0.25) is 0 Å². The third kappa shape index (κ3) is 5.76. The van der Waals surface area contributed by atoms with E-state index in [1.165, 1.54) is 0 Å². The first-order chi connectivity index (χ1) is 9.43. The molecule has 1 unspecified atom stereocenters. The first-order valence-electron chi connectivity index (χ1n) is 7.08. The topological polar surface area (TPSA) is 69.6 Å². The van der Waals surface area contributed by atoms with Crippen LogP contribution in [0.5, 0.6) is 0 Å². The zero-order valence-corrected chi connectivity index (χ0v) is 15.3. The third-order valence-electron chi connectivity index (χ3n) is 3.52. The van der Waals surface area contributed by atoms with E-state index < -0.39 is 5.97 Å². The Morgan fingerprint density at radius 3 is 2.05 bits per heavy atom. The molecule has 0 aliphatic heterocycles. The highest BCUT2D eigenvalue weighted by atomic mass is 31.0. The Morgan fingerprint density at radius 2 is 1.76 bits per heavy atom. The number of hydrogen-bond acceptors (Lipinski definition) is 3. The number of amides is 1. The van der Waals surface area contributed by atoms with Crippen LogP contribution in [0.1, 0.15) is 41.5 Å². The molecule has 0 aromatic heterocycles. The summed E-state index contributed by atoms with van der Waals surface area (Å²) in [7, 11) is 4.11. The number of carbonyl (C=O) groups excluding carboxylic acids is 1. The Bertz CT molecular complexity index is 414. The van der Waals surface area contributed by atoms with Crippen molar-refractivity contribution < 1.29 is 14.7 Å². The molecule has 0 saturated heterocycles. The van der Waals surface area contributed by atoms with Crippen LogP contribution in [0, 0.1) is 11.3 Å². The Hall–Kier alpha value is -0.930. The van der Waals surface area contributed by atoms with Crippen LogP contribution >= 0.6 is 9.39 Å². The zero-order valence-electron chi connectivity index (χ0n) is 14.1. The van der Waals surface area contributed by atoms with E-state index in [-0.39, 0.29) is 34.9 Å². The van der Waals surface area contributed by atoms with Crippen molar-refractivity contribution in [2.75, 3.05) is 7.05 Å². The number of carbonyl (C=O) groups is 2. The lowest BCUT2D eigenvalue weighted by Crippen LogP contribution is -2.52. The molecule has 0 radical (unpaired) electrons. The van der Waals surface area contributed by atoms with Crippen LogP contribution in [0.3, 0.4) is 0 Å². The van der Waals surface area contributed by atoms with Gasteiger partial charge in [0.15, 0.2) is 0 Å². The van der Waals surface area contributed by atoms with Gasteiger partial charge in [0.1, 0.15) is 0 Å². The average Bonchev–Trinajstić information content (AvgIpc) is 2.32. The van der Waals surface area contributed by atoms with E-state index >= 15 is 0 Å². The Labute approximate surface area is 130 Å². The molecule has 1 amide bonds. The molecule has 21 heavy (non-hydrogen) atoms. The number of carboxylic acids is 1. The normalized spacial score (nSPS) is 15.8. The lowest BCUT2D eigenvalue weighted by molar-refractivity contribution is -0.136. The van der Waals surface area contributed by atoms with Gasteiger partial charge in [0.05, 0.1) is 12.1 Å². The molecule has 0 rings (SSSR count). The number of likely N-dealkylation sites (N-methyl/N-ethyl adjacent to an activating group) is 1. The molecular formula is C15H29N2O3P. The second kappa shape index (κ2) is 7.90. The molecule has 0 fully saturated rings. The number of nitrogens with zero attached hydrogens (tertiary/aromatic N) is 1. The van der Waals surface area contributed by atoms with Crippen molar-refractivity contribution in [3.05, 3.63) is 11.6 Å². The van der Waals surface area contributed by atoms with Gasteiger partial charge >= 0.3 is 5.97 Å². The summed E-state index contributed by atoms with van der Waals surface area (Å²) < 4.78 is 0. The Balaban J connectivity index is 5.41. The average molecular weight is 316 g/mol. The Morgan fingerprint density at radius 1 is 1.29 bits per heavy atom. The molecule has 0 spiro atoms. The van der Waals surface area contributed by atoms with Crippen molar-refractivity contribution in [3.8, 4) is 0 Å². The van der Waals surface area contributed by atoms with Gasteiger partial charge in [0, 0.05) is 12.6 Å². The zero-order chi connectivity index (χ0) is 17.0. The van der Waals surface area contributed by atoms with Crippen LogP contribution in [0.25, 0.3) is 0 Å². The van der Waals surface area contributed by atoms with Gasteiger partial charge in [-0.3, -0.25) is 9.88 Å². The van der Waals surface area contributed by atoms with Crippen molar-refractivity contribution in [2.24, 2.45) is 11.3 Å². The maximum atomic E-state index is 12.7. The third-order valence-corrected chi connectivity index (χ3v) is 3.85. The van der Waals surface area contributed by atoms with Gasteiger partial charge in [-0.25, -0.2) is 4.79 Å². The van der Waals surface area contributed by atoms with Crippen LogP contribution < -0.4 is 5.09 Å². The molecule has 0 aliphatic rings. The Kier molecular flexibility index (Phi) is 7.55. The highest BCUT2D eigenvalue weighted by Gasteiger charge is 2.34. The number of hydrogen-bond donors (Lipinski definition) is 2. The molecule has 0 heterocycles. The summed E-state index contributed by atoms with van der Waals surface area (Å²) in [5.74, 6) is -0.887. The van der Waals surface area contributed by atoms with E-state index in [9.17, 15) is 9.59 Å². The lowest BCUT2D eigenvalue weighted by Gasteiger charge is -2.36. The van der Waals surface area contributed by atoms with Crippen LogP contribution in [-0.4, -0.2) is 41.0 Å². The summed E-state index contributed by atoms with van der Waals surface area (Å²) in [6.07, 6.45) is 1.65. The predicted octanol–water partition coefficient (Wildman–Crippen LogP) is 2.29. The molecule has 0 aromatic rings. The lowest BCUT2D eigenvalue weighted by atomic mass is 9.86. The van der Waals surface area contributed by atoms with E-state index in [2.05, 4.69) is 14.5 Å². The fourth-order valence-electron chi connectivity index (χ4n) is 2.12. The summed E-state index contributed by atoms with van der Waals surface area (Å²) in [5, 5.41) is 12.0. The number of nitrogens with one attached hydrogen (secondary N) is 1. The summed E-state index contributed by atoms with van der Waals surface area (Å²) in [4.78, 5) is 25.3. The van der Waals surface area contributed by atoms with Crippen LogP contribution in [0.4, 0.5) is 0 Å². The largest absolute Gasteiger partial charge is 0.478 e. The molecule has 5 nitrogen and oxygen atoms in total. The minimum atomic E-state index is -0.960. The van der Waals surface area contributed by atoms with Crippen molar-refractivity contribution in [2.45, 2.75) is 53.6 Å². The van der Waals surface area contributed by atoms with E-state index in [4.69, 9.17) is 5.11 Å². The van der Waals surface area contributed by atoms with E-state index in [0.29, 0.717) is 0 Å². The second-order valence-electron chi connectivity index (χ2n) is 6.80. The van der Waals surface area contributed by atoms with Gasteiger partial charge in [0.2, 0.25) is 5.91 Å². The van der Waals surface area contributed by atoms with Gasteiger partial charge in [0.25, 0.3) is 0 Å². The molecular weight excluding hydrogens is 287 g/mol. The van der Waals surface area contributed by atoms with Gasteiger partial charge in [-0.1, -0.05) is 50.1 Å². The second-order valence-corrected chi connectivity index (χ2v) is 7.14. The van der Waals surface area contributed by atoms with E-state index in [1.54, 1.807) is 24.9 Å². The van der Waals surface area contributed by atoms with Crippen molar-refractivity contribution in [1.82, 2.24) is 9.99 Å². The molecule has 0 saturated carbocycles.